The molecule has 0 fully saturated rings. The third kappa shape index (κ3) is 4.11. The summed E-state index contributed by atoms with van der Waals surface area (Å²) < 4.78 is 27.7. The Hall–Kier alpha value is -3.58. The van der Waals surface area contributed by atoms with Gasteiger partial charge < -0.3 is 10.3 Å². The summed E-state index contributed by atoms with van der Waals surface area (Å²) in [7, 11) is -3.44. The van der Waals surface area contributed by atoms with Gasteiger partial charge in [-0.1, -0.05) is 62.4 Å². The average Bonchev–Trinajstić information content (AvgIpc) is 3.12. The zero-order valence-corrected chi connectivity index (χ0v) is 19.0. The van der Waals surface area contributed by atoms with Crippen LogP contribution in [0, 0.1) is 0 Å². The van der Waals surface area contributed by atoms with Gasteiger partial charge in [0.1, 0.15) is 5.69 Å². The Morgan fingerprint density at radius 3 is 2.25 bits per heavy atom. The molecule has 1 heterocycles. The molecule has 0 bridgehead atoms. The lowest BCUT2D eigenvalue weighted by molar-refractivity contribution is 0.0994. The third-order valence-electron chi connectivity index (χ3n) is 5.68. The molecular formula is C25H25N3O3S. The van der Waals surface area contributed by atoms with Crippen LogP contribution in [0.15, 0.2) is 78.9 Å². The van der Waals surface area contributed by atoms with Crippen LogP contribution in [0.4, 0.5) is 5.69 Å². The lowest BCUT2D eigenvalue weighted by Crippen LogP contribution is -2.20. The number of carbonyl (C=O) groups excluding carboxylic acids is 1. The van der Waals surface area contributed by atoms with Crippen molar-refractivity contribution in [3.8, 4) is 5.69 Å². The van der Waals surface area contributed by atoms with Gasteiger partial charge in [-0.3, -0.25) is 9.52 Å². The Bertz CT molecular complexity index is 1420. The summed E-state index contributed by atoms with van der Waals surface area (Å²) in [4.78, 5) is 12.3. The van der Waals surface area contributed by atoms with Gasteiger partial charge in [-0.25, -0.2) is 8.42 Å². The first-order valence-electron chi connectivity index (χ1n) is 10.2. The number of fused-ring (bicyclic) bond motifs is 1. The minimum absolute atomic E-state index is 0.268. The predicted molar refractivity (Wildman–Crippen MR) is 129 cm³/mol. The van der Waals surface area contributed by atoms with Crippen LogP contribution in [-0.4, -0.2) is 25.1 Å². The summed E-state index contributed by atoms with van der Waals surface area (Å²) in [5.41, 5.74) is 9.87. The number of primary amides is 1. The van der Waals surface area contributed by atoms with Crippen LogP contribution in [-0.2, 0) is 15.4 Å². The van der Waals surface area contributed by atoms with Crippen molar-refractivity contribution < 1.29 is 13.2 Å². The molecule has 7 heteroatoms. The minimum atomic E-state index is -3.44. The molecule has 3 N–H and O–H groups in total. The summed E-state index contributed by atoms with van der Waals surface area (Å²) in [6.45, 7) is 4.30. The van der Waals surface area contributed by atoms with Crippen LogP contribution >= 0.6 is 0 Å². The molecule has 0 atom stereocenters. The van der Waals surface area contributed by atoms with Crippen LogP contribution in [0.2, 0.25) is 0 Å². The Labute approximate surface area is 187 Å². The third-order valence-corrected chi connectivity index (χ3v) is 6.29. The Morgan fingerprint density at radius 1 is 0.906 bits per heavy atom. The molecule has 1 amide bonds. The van der Waals surface area contributed by atoms with Gasteiger partial charge in [0.25, 0.3) is 5.91 Å². The topological polar surface area (TPSA) is 94.2 Å². The predicted octanol–water partition coefficient (Wildman–Crippen LogP) is 4.43. The van der Waals surface area contributed by atoms with E-state index < -0.39 is 15.9 Å². The second kappa shape index (κ2) is 7.84. The molecule has 0 aliphatic rings. The molecule has 3 aromatic carbocycles. The van der Waals surface area contributed by atoms with Gasteiger partial charge in [-0.05, 0) is 41.5 Å². The van der Waals surface area contributed by atoms with E-state index in [9.17, 15) is 13.2 Å². The number of benzene rings is 3. The quantitative estimate of drug-likeness (QED) is 0.458. The second-order valence-electron chi connectivity index (χ2n) is 8.42. The van der Waals surface area contributed by atoms with E-state index in [2.05, 4.69) is 36.8 Å². The molecule has 32 heavy (non-hydrogen) atoms. The molecule has 0 radical (unpaired) electrons. The summed E-state index contributed by atoms with van der Waals surface area (Å²) in [6, 6.07) is 25.0. The van der Waals surface area contributed by atoms with Crippen molar-refractivity contribution in [2.75, 3.05) is 11.0 Å². The van der Waals surface area contributed by atoms with Crippen molar-refractivity contribution >= 4 is 32.5 Å². The van der Waals surface area contributed by atoms with Crippen LogP contribution in [0.3, 0.4) is 0 Å². The first kappa shape index (κ1) is 21.6. The average molecular weight is 448 g/mol. The summed E-state index contributed by atoms with van der Waals surface area (Å²) in [5.74, 6) is -0.563. The lowest BCUT2D eigenvalue weighted by Gasteiger charge is -2.27. The maximum absolute atomic E-state index is 12.3. The molecule has 4 rings (SSSR count). The molecule has 0 spiro atoms. The fraction of sp³-hybridized carbons (Fsp3) is 0.160. The second-order valence-corrected chi connectivity index (χ2v) is 10.2. The highest BCUT2D eigenvalue weighted by Gasteiger charge is 2.24. The Morgan fingerprint density at radius 2 is 1.59 bits per heavy atom. The van der Waals surface area contributed by atoms with Crippen molar-refractivity contribution in [3.63, 3.8) is 0 Å². The normalized spacial score (nSPS) is 12.1. The summed E-state index contributed by atoms with van der Waals surface area (Å²) in [5, 5.41) is 0.783. The SMILES string of the molecule is CC(C)(c1ccccc1)c1cccc(-n2c(C(N)=O)cc3ccc(NS(C)(=O)=O)cc32)c1. The number of nitrogens with one attached hydrogen (secondary N) is 1. The zero-order chi connectivity index (χ0) is 23.1. The van der Waals surface area contributed by atoms with Crippen molar-refractivity contribution in [2.24, 2.45) is 5.73 Å². The van der Waals surface area contributed by atoms with E-state index >= 15 is 0 Å². The maximum Gasteiger partial charge on any atom is 0.265 e. The number of anilines is 1. The Balaban J connectivity index is 1.91. The number of hydrogen-bond donors (Lipinski definition) is 2. The highest BCUT2D eigenvalue weighted by molar-refractivity contribution is 7.92. The van der Waals surface area contributed by atoms with Crippen LogP contribution in [0.1, 0.15) is 35.5 Å². The van der Waals surface area contributed by atoms with E-state index in [1.54, 1.807) is 28.8 Å². The van der Waals surface area contributed by atoms with Gasteiger partial charge in [0.15, 0.2) is 0 Å². The molecule has 164 valence electrons. The standard InChI is InChI=1S/C25H25N3O3S/c1-25(2,18-8-5-4-6-9-18)19-10-7-11-21(15-19)28-22-16-20(27-32(3,30)31)13-12-17(22)14-23(28)24(26)29/h4-16,27H,1-3H3,(H2,26,29). The first-order valence-corrected chi connectivity index (χ1v) is 12.0. The van der Waals surface area contributed by atoms with Crippen LogP contribution in [0.5, 0.6) is 0 Å². The number of aromatic nitrogens is 1. The maximum atomic E-state index is 12.3. The van der Waals surface area contributed by atoms with E-state index in [-0.39, 0.29) is 5.41 Å². The molecule has 0 aliphatic heterocycles. The monoisotopic (exact) mass is 447 g/mol. The number of nitrogens with zero attached hydrogens (tertiary/aromatic N) is 1. The van der Waals surface area contributed by atoms with E-state index in [0.29, 0.717) is 16.9 Å². The first-order chi connectivity index (χ1) is 15.1. The fourth-order valence-electron chi connectivity index (χ4n) is 3.99. The summed E-state index contributed by atoms with van der Waals surface area (Å²) >= 11 is 0. The van der Waals surface area contributed by atoms with Gasteiger partial charge in [0.2, 0.25) is 10.0 Å². The van der Waals surface area contributed by atoms with Crippen molar-refractivity contribution in [3.05, 3.63) is 95.7 Å². The van der Waals surface area contributed by atoms with Crippen molar-refractivity contribution in [2.45, 2.75) is 19.3 Å². The van der Waals surface area contributed by atoms with E-state index in [4.69, 9.17) is 5.73 Å². The van der Waals surface area contributed by atoms with Gasteiger partial charge in [-0.2, -0.15) is 0 Å². The lowest BCUT2D eigenvalue weighted by atomic mass is 9.78. The largest absolute Gasteiger partial charge is 0.364 e. The number of rotatable bonds is 6. The van der Waals surface area contributed by atoms with Crippen LogP contribution < -0.4 is 10.5 Å². The highest BCUT2D eigenvalue weighted by Crippen LogP contribution is 2.34. The molecule has 0 unspecified atom stereocenters. The summed E-state index contributed by atoms with van der Waals surface area (Å²) in [6.07, 6.45) is 1.10. The molecular weight excluding hydrogens is 422 g/mol. The molecule has 4 aromatic rings. The van der Waals surface area contributed by atoms with Crippen molar-refractivity contribution in [1.29, 1.82) is 0 Å². The van der Waals surface area contributed by atoms with Gasteiger partial charge in [0, 0.05) is 16.5 Å². The number of sulfonamides is 1. The highest BCUT2D eigenvalue weighted by atomic mass is 32.2. The fourth-order valence-corrected chi connectivity index (χ4v) is 4.55. The van der Waals surface area contributed by atoms with E-state index in [1.165, 1.54) is 5.56 Å². The molecule has 6 nitrogen and oxygen atoms in total. The molecule has 0 aliphatic carbocycles. The minimum Gasteiger partial charge on any atom is -0.364 e. The number of nitrogens with two attached hydrogens (primary N) is 1. The zero-order valence-electron chi connectivity index (χ0n) is 18.2. The number of amides is 1. The number of hydrogen-bond acceptors (Lipinski definition) is 3. The molecule has 0 saturated heterocycles. The van der Waals surface area contributed by atoms with Gasteiger partial charge in [-0.15, -0.1) is 0 Å². The Kier molecular flexibility index (Phi) is 5.30. The van der Waals surface area contributed by atoms with Crippen molar-refractivity contribution in [1.82, 2.24) is 4.57 Å². The van der Waals surface area contributed by atoms with Gasteiger partial charge >= 0.3 is 0 Å². The number of carbonyl (C=O) groups is 1. The molecule has 0 saturated carbocycles. The van der Waals surface area contributed by atoms with E-state index in [0.717, 1.165) is 22.9 Å². The van der Waals surface area contributed by atoms with E-state index in [1.807, 2.05) is 36.4 Å². The smallest absolute Gasteiger partial charge is 0.265 e. The van der Waals surface area contributed by atoms with Crippen LogP contribution in [0.25, 0.3) is 16.6 Å². The molecule has 1 aromatic heterocycles. The van der Waals surface area contributed by atoms with Gasteiger partial charge in [0.05, 0.1) is 17.5 Å².